The molecule has 1 aromatic rings. The van der Waals surface area contributed by atoms with Crippen LogP contribution in [0.15, 0.2) is 30.3 Å². The summed E-state index contributed by atoms with van der Waals surface area (Å²) in [5.74, 6) is 0.830. The van der Waals surface area contributed by atoms with Crippen molar-refractivity contribution in [2.24, 2.45) is 0 Å². The molecule has 0 spiro atoms. The summed E-state index contributed by atoms with van der Waals surface area (Å²) in [6.07, 6.45) is 0. The molecule has 0 unspecified atom stereocenters. The average Bonchev–Trinajstić information content (AvgIpc) is 2.14. The predicted molar refractivity (Wildman–Crippen MR) is 60.6 cm³/mol. The van der Waals surface area contributed by atoms with Crippen molar-refractivity contribution >= 4 is 29.2 Å². The van der Waals surface area contributed by atoms with Crippen LogP contribution in [0.3, 0.4) is 0 Å². The van der Waals surface area contributed by atoms with Crippen LogP contribution in [0.5, 0.6) is 5.75 Å². The van der Waals surface area contributed by atoms with Crippen molar-refractivity contribution < 1.29 is 40.5 Å². The van der Waals surface area contributed by atoms with Crippen LogP contribution in [0, 0.1) is 0 Å². The third-order valence-electron chi connectivity index (χ3n) is 1.32. The van der Waals surface area contributed by atoms with Crippen LogP contribution >= 0.6 is 24.8 Å². The second-order valence-corrected chi connectivity index (χ2v) is 3.36. The minimum atomic E-state index is 0. The smallest absolute Gasteiger partial charge is 1.00 e. The number of thiol groups is 1. The summed E-state index contributed by atoms with van der Waals surface area (Å²) >= 11 is 8.42. The van der Waals surface area contributed by atoms with Crippen LogP contribution in [0.1, 0.15) is 1.43 Å². The van der Waals surface area contributed by atoms with Gasteiger partial charge in [-0.25, -0.2) is 0 Å². The molecule has 2 nitrogen and oxygen atoms in total. The van der Waals surface area contributed by atoms with Crippen molar-refractivity contribution in [1.82, 2.24) is 0 Å². The topological polar surface area (TPSA) is 18.5 Å². The average molecular weight is 238 g/mol. The van der Waals surface area contributed by atoms with E-state index in [1.807, 2.05) is 30.3 Å². The van der Waals surface area contributed by atoms with Gasteiger partial charge in [-0.15, -0.1) is 0 Å². The molecule has 14 heavy (non-hydrogen) atoms. The Morgan fingerprint density at radius 2 is 1.93 bits per heavy atom. The number of benzene rings is 1. The Morgan fingerprint density at radius 3 is 2.50 bits per heavy atom. The summed E-state index contributed by atoms with van der Waals surface area (Å²) in [4.78, 5) is 0. The minimum absolute atomic E-state index is 0. The largest absolute Gasteiger partial charge is 1.00 e. The van der Waals surface area contributed by atoms with E-state index in [-0.39, 0.29) is 35.4 Å². The van der Waals surface area contributed by atoms with Crippen molar-refractivity contribution in [1.29, 1.82) is 0 Å². The third kappa shape index (κ3) is 6.68. The maximum absolute atomic E-state index is 5.34. The Bertz CT molecular complexity index is 272. The molecule has 0 radical (unpaired) electrons. The maximum atomic E-state index is 5.34. The summed E-state index contributed by atoms with van der Waals surface area (Å²) in [7, 11) is 0. The molecule has 1 rings (SSSR count). The van der Waals surface area contributed by atoms with E-state index in [9.17, 15) is 0 Å². The van der Waals surface area contributed by atoms with Crippen molar-refractivity contribution in [3.63, 3.8) is 0 Å². The van der Waals surface area contributed by atoms with Gasteiger partial charge in [0, 0.05) is 0 Å². The predicted octanol–water partition coefficient (Wildman–Crippen LogP) is -0.587. The van der Waals surface area contributed by atoms with Gasteiger partial charge in [0.05, 0.1) is 0 Å². The minimum Gasteiger partial charge on any atom is -1.00 e. The van der Waals surface area contributed by atoms with E-state index in [2.05, 4.69) is 24.8 Å². The van der Waals surface area contributed by atoms with E-state index in [1.165, 1.54) is 0 Å². The van der Waals surface area contributed by atoms with Crippen LogP contribution in [-0.4, -0.2) is 17.6 Å². The van der Waals surface area contributed by atoms with Crippen molar-refractivity contribution in [3.05, 3.63) is 30.3 Å². The molecular formula is C9H11NaO2S2. The van der Waals surface area contributed by atoms with Gasteiger partial charge in [0.15, 0.2) is 0 Å². The van der Waals surface area contributed by atoms with Crippen molar-refractivity contribution in [3.8, 4) is 5.75 Å². The van der Waals surface area contributed by atoms with Crippen LogP contribution in [-0.2, 0) is 4.74 Å². The zero-order valence-corrected chi connectivity index (χ0v) is 11.7. The Balaban J connectivity index is 0. The fourth-order valence-corrected chi connectivity index (χ4v) is 0.980. The molecule has 0 bridgehead atoms. The number of hydrogen-bond donors (Lipinski definition) is 1. The maximum Gasteiger partial charge on any atom is 1.00 e. The molecule has 0 N–H and O–H groups in total. The number of ether oxygens (including phenoxy) is 2. The van der Waals surface area contributed by atoms with Gasteiger partial charge in [-0.1, -0.05) is 30.8 Å². The molecule has 0 saturated carbocycles. The quantitative estimate of drug-likeness (QED) is 0.327. The summed E-state index contributed by atoms with van der Waals surface area (Å²) < 4.78 is 10.5. The van der Waals surface area contributed by atoms with Gasteiger partial charge < -0.3 is 10.9 Å². The number of thiocarbonyl (C=S) groups is 1. The Hall–Kier alpha value is 0.260. The molecule has 0 aliphatic carbocycles. The first-order chi connectivity index (χ1) is 6.29. The summed E-state index contributed by atoms with van der Waals surface area (Å²) in [6.45, 7) is 0.905. The van der Waals surface area contributed by atoms with Gasteiger partial charge in [0.25, 0.3) is 0 Å². The Labute approximate surface area is 118 Å². The molecule has 1 aromatic carbocycles. The van der Waals surface area contributed by atoms with E-state index in [0.717, 1.165) is 5.75 Å². The fourth-order valence-electron chi connectivity index (χ4n) is 0.805. The number of hydrogen-bond acceptors (Lipinski definition) is 3. The molecule has 0 atom stereocenters. The Morgan fingerprint density at radius 1 is 1.29 bits per heavy atom. The summed E-state index contributed by atoms with van der Waals surface area (Å²) in [5, 5.41) is 0. The van der Waals surface area contributed by atoms with E-state index >= 15 is 0 Å². The van der Waals surface area contributed by atoms with Crippen molar-refractivity contribution in [2.45, 2.75) is 0 Å². The van der Waals surface area contributed by atoms with Gasteiger partial charge in [0.1, 0.15) is 19.0 Å². The molecule has 0 aliphatic heterocycles. The zero-order chi connectivity index (χ0) is 9.52. The van der Waals surface area contributed by atoms with Crippen LogP contribution in [0.2, 0.25) is 0 Å². The van der Waals surface area contributed by atoms with E-state index in [4.69, 9.17) is 9.47 Å². The second-order valence-electron chi connectivity index (χ2n) is 2.28. The van der Waals surface area contributed by atoms with Gasteiger partial charge in [-0.05, 0) is 24.4 Å². The van der Waals surface area contributed by atoms with Crippen LogP contribution < -0.4 is 34.3 Å². The van der Waals surface area contributed by atoms with E-state index < -0.39 is 0 Å². The van der Waals surface area contributed by atoms with E-state index in [0.29, 0.717) is 13.2 Å². The van der Waals surface area contributed by atoms with Crippen LogP contribution in [0.4, 0.5) is 0 Å². The van der Waals surface area contributed by atoms with Gasteiger partial charge in [-0.3, -0.25) is 0 Å². The zero-order valence-electron chi connectivity index (χ0n) is 8.97. The molecule has 0 fully saturated rings. The third-order valence-corrected chi connectivity index (χ3v) is 1.57. The normalized spacial score (nSPS) is 8.64. The molecule has 0 aliphatic rings. The monoisotopic (exact) mass is 238 g/mol. The first-order valence-electron chi connectivity index (χ1n) is 3.82. The molecule has 0 amide bonds. The molecule has 0 aromatic heterocycles. The summed E-state index contributed by atoms with van der Waals surface area (Å²) in [5.41, 5.74) is 0. The fraction of sp³-hybridized carbons (Fsp3) is 0.222. The SMILES string of the molecule is S=C(S)OCCOc1ccccc1.[H-].[Na+]. The standard InChI is InChI=1S/C9H10O2S2.Na.H/c12-9(13)11-7-6-10-8-4-2-1-3-5-8;;/h1-5H,6-7H2,(H,12,13);;/q;+1;-1. The number of rotatable bonds is 4. The molecule has 72 valence electrons. The first kappa shape index (κ1) is 14.3. The van der Waals surface area contributed by atoms with E-state index in [1.54, 1.807) is 0 Å². The van der Waals surface area contributed by atoms with Gasteiger partial charge in [-0.2, -0.15) is 0 Å². The molecule has 5 heteroatoms. The molecule has 0 saturated heterocycles. The van der Waals surface area contributed by atoms with Crippen LogP contribution in [0.25, 0.3) is 0 Å². The Kier molecular flexibility index (Phi) is 8.72. The van der Waals surface area contributed by atoms with Crippen molar-refractivity contribution in [2.75, 3.05) is 13.2 Å². The molecule has 0 heterocycles. The van der Waals surface area contributed by atoms with Gasteiger partial charge >= 0.3 is 29.6 Å². The first-order valence-corrected chi connectivity index (χ1v) is 4.68. The number of para-hydroxylation sites is 1. The van der Waals surface area contributed by atoms with Gasteiger partial charge in [0.2, 0.25) is 4.38 Å². The summed E-state index contributed by atoms with van der Waals surface area (Å²) in [6, 6.07) is 9.54. The second kappa shape index (κ2) is 8.56. The molecular weight excluding hydrogens is 227 g/mol.